The van der Waals surface area contributed by atoms with E-state index in [0.717, 1.165) is 18.4 Å². The van der Waals surface area contributed by atoms with Gasteiger partial charge in [0.1, 0.15) is 0 Å². The number of carboxylic acids is 1. The van der Waals surface area contributed by atoms with E-state index in [1.165, 1.54) is 22.4 Å². The number of morpholine rings is 1. The van der Waals surface area contributed by atoms with Crippen molar-refractivity contribution in [2.45, 2.75) is 31.7 Å². The minimum Gasteiger partial charge on any atom is -0.480 e. The average Bonchev–Trinajstić information content (AvgIpc) is 2.94. The summed E-state index contributed by atoms with van der Waals surface area (Å²) in [4.78, 5) is 25.0. The number of benzene rings is 1. The molecule has 1 fully saturated rings. The van der Waals surface area contributed by atoms with Gasteiger partial charge in [-0.2, -0.15) is 0 Å². The smallest absolute Gasteiger partial charge is 0.328 e. The van der Waals surface area contributed by atoms with Gasteiger partial charge in [-0.25, -0.2) is 4.79 Å². The maximum atomic E-state index is 12.4. The average molecular weight is 289 g/mol. The minimum absolute atomic E-state index is 0.0747. The first-order valence-electron chi connectivity index (χ1n) is 7.36. The van der Waals surface area contributed by atoms with Crippen molar-refractivity contribution < 1.29 is 19.4 Å². The van der Waals surface area contributed by atoms with Gasteiger partial charge in [0.2, 0.25) is 5.91 Å². The van der Waals surface area contributed by atoms with E-state index in [9.17, 15) is 14.7 Å². The van der Waals surface area contributed by atoms with Crippen LogP contribution in [0.3, 0.4) is 0 Å². The first-order chi connectivity index (χ1) is 10.1. The molecule has 1 atom stereocenters. The lowest BCUT2D eigenvalue weighted by Crippen LogP contribution is -2.53. The Labute approximate surface area is 123 Å². The lowest BCUT2D eigenvalue weighted by Gasteiger charge is -2.33. The van der Waals surface area contributed by atoms with Crippen molar-refractivity contribution in [3.8, 4) is 0 Å². The van der Waals surface area contributed by atoms with E-state index in [4.69, 9.17) is 4.74 Å². The second-order valence-electron chi connectivity index (χ2n) is 5.65. The highest BCUT2D eigenvalue weighted by Crippen LogP contribution is 2.23. The van der Waals surface area contributed by atoms with Gasteiger partial charge in [0.15, 0.2) is 6.04 Å². The lowest BCUT2D eigenvalue weighted by molar-refractivity contribution is -0.158. The number of aliphatic carboxylic acids is 1. The van der Waals surface area contributed by atoms with Gasteiger partial charge in [-0.15, -0.1) is 0 Å². The first kappa shape index (κ1) is 14.1. The molecule has 0 aromatic heterocycles. The van der Waals surface area contributed by atoms with Crippen LogP contribution in [-0.2, 0) is 33.6 Å². The standard InChI is InChI=1S/C16H19NO4/c18-15(17-6-7-21-10-14(17)16(19)20)9-11-4-5-12-2-1-3-13(12)8-11/h4-5,8,14H,1-3,6-7,9-10H2,(H,19,20). The van der Waals surface area contributed by atoms with Gasteiger partial charge < -0.3 is 14.7 Å². The molecule has 3 rings (SSSR count). The molecule has 1 aromatic rings. The monoisotopic (exact) mass is 289 g/mol. The van der Waals surface area contributed by atoms with Crippen LogP contribution in [0, 0.1) is 0 Å². The molecule has 1 amide bonds. The zero-order valence-corrected chi connectivity index (χ0v) is 11.9. The predicted molar refractivity (Wildman–Crippen MR) is 76.1 cm³/mol. The quantitative estimate of drug-likeness (QED) is 0.902. The molecule has 1 N–H and O–H groups in total. The van der Waals surface area contributed by atoms with Gasteiger partial charge in [-0.05, 0) is 36.0 Å². The number of fused-ring (bicyclic) bond motifs is 1. The number of rotatable bonds is 3. The molecule has 0 spiro atoms. The summed E-state index contributed by atoms with van der Waals surface area (Å²) in [5, 5.41) is 9.18. The Bertz CT molecular complexity index is 569. The molecule has 1 aliphatic carbocycles. The summed E-state index contributed by atoms with van der Waals surface area (Å²) in [6.45, 7) is 0.825. The molecule has 1 saturated heterocycles. The fourth-order valence-electron chi connectivity index (χ4n) is 3.12. The van der Waals surface area contributed by atoms with Crippen LogP contribution in [0.2, 0.25) is 0 Å². The highest BCUT2D eigenvalue weighted by atomic mass is 16.5. The Morgan fingerprint density at radius 1 is 1.29 bits per heavy atom. The van der Waals surface area contributed by atoms with Crippen LogP contribution < -0.4 is 0 Å². The summed E-state index contributed by atoms with van der Waals surface area (Å²) in [6, 6.07) is 5.31. The van der Waals surface area contributed by atoms with Crippen LogP contribution in [0.4, 0.5) is 0 Å². The van der Waals surface area contributed by atoms with Crippen molar-refractivity contribution in [1.29, 1.82) is 0 Å². The van der Waals surface area contributed by atoms with E-state index in [1.807, 2.05) is 6.07 Å². The highest BCUT2D eigenvalue weighted by Gasteiger charge is 2.32. The predicted octanol–water partition coefficient (Wildman–Crippen LogP) is 1.03. The molecule has 0 radical (unpaired) electrons. The first-order valence-corrected chi connectivity index (χ1v) is 7.36. The number of amides is 1. The molecule has 1 aromatic carbocycles. The van der Waals surface area contributed by atoms with Gasteiger partial charge in [-0.1, -0.05) is 18.2 Å². The van der Waals surface area contributed by atoms with Gasteiger partial charge in [0, 0.05) is 6.54 Å². The topological polar surface area (TPSA) is 66.8 Å². The Morgan fingerprint density at radius 3 is 2.90 bits per heavy atom. The maximum Gasteiger partial charge on any atom is 0.328 e. The second kappa shape index (κ2) is 5.85. The van der Waals surface area contributed by atoms with Gasteiger partial charge in [0.05, 0.1) is 19.6 Å². The minimum atomic E-state index is -1.00. The molecular formula is C16H19NO4. The number of aryl methyl sites for hydroxylation is 2. The van der Waals surface area contributed by atoms with Crippen molar-refractivity contribution in [1.82, 2.24) is 4.90 Å². The van der Waals surface area contributed by atoms with Gasteiger partial charge in [0.25, 0.3) is 0 Å². The van der Waals surface area contributed by atoms with Crippen LogP contribution >= 0.6 is 0 Å². The molecule has 5 nitrogen and oxygen atoms in total. The fraction of sp³-hybridized carbons (Fsp3) is 0.500. The highest BCUT2D eigenvalue weighted by molar-refractivity contribution is 5.85. The van der Waals surface area contributed by atoms with Crippen molar-refractivity contribution in [3.05, 3.63) is 34.9 Å². The molecule has 112 valence electrons. The van der Waals surface area contributed by atoms with E-state index in [1.54, 1.807) is 0 Å². The summed E-state index contributed by atoms with van der Waals surface area (Å²) in [6.07, 6.45) is 3.63. The number of hydrogen-bond acceptors (Lipinski definition) is 3. The van der Waals surface area contributed by atoms with E-state index in [2.05, 4.69) is 12.1 Å². The van der Waals surface area contributed by atoms with Crippen LogP contribution in [0.1, 0.15) is 23.1 Å². The van der Waals surface area contributed by atoms with Crippen LogP contribution in [0.5, 0.6) is 0 Å². The van der Waals surface area contributed by atoms with E-state index in [-0.39, 0.29) is 18.9 Å². The third-order valence-corrected chi connectivity index (χ3v) is 4.25. The Hall–Kier alpha value is -1.88. The molecule has 1 aliphatic heterocycles. The molecule has 2 aliphatic rings. The van der Waals surface area contributed by atoms with Gasteiger partial charge in [-0.3, -0.25) is 4.79 Å². The Balaban J connectivity index is 1.71. The van der Waals surface area contributed by atoms with Crippen LogP contribution in [0.15, 0.2) is 18.2 Å². The van der Waals surface area contributed by atoms with Crippen LogP contribution in [-0.4, -0.2) is 47.7 Å². The third kappa shape index (κ3) is 2.93. The third-order valence-electron chi connectivity index (χ3n) is 4.25. The summed E-state index contributed by atoms with van der Waals surface area (Å²) in [5.74, 6) is -1.14. The van der Waals surface area contributed by atoms with Gasteiger partial charge >= 0.3 is 5.97 Å². The summed E-state index contributed by atoms with van der Waals surface area (Å²) >= 11 is 0. The SMILES string of the molecule is O=C(O)C1COCCN1C(=O)Cc1ccc2c(c1)CCC2. The molecule has 1 unspecified atom stereocenters. The van der Waals surface area contributed by atoms with Crippen molar-refractivity contribution in [2.75, 3.05) is 19.8 Å². The van der Waals surface area contributed by atoms with Crippen molar-refractivity contribution in [2.24, 2.45) is 0 Å². The number of carbonyl (C=O) groups excluding carboxylic acids is 1. The number of carbonyl (C=O) groups is 2. The fourth-order valence-corrected chi connectivity index (χ4v) is 3.12. The number of hydrogen-bond donors (Lipinski definition) is 1. The largest absolute Gasteiger partial charge is 0.480 e. The Kier molecular flexibility index (Phi) is 3.92. The van der Waals surface area contributed by atoms with E-state index >= 15 is 0 Å². The van der Waals surface area contributed by atoms with Crippen molar-refractivity contribution >= 4 is 11.9 Å². The molecule has 0 bridgehead atoms. The zero-order valence-electron chi connectivity index (χ0n) is 11.9. The number of ether oxygens (including phenoxy) is 1. The molecule has 21 heavy (non-hydrogen) atoms. The van der Waals surface area contributed by atoms with E-state index in [0.29, 0.717) is 13.2 Å². The van der Waals surface area contributed by atoms with Crippen molar-refractivity contribution in [3.63, 3.8) is 0 Å². The molecule has 1 heterocycles. The molecule has 5 heteroatoms. The molecular weight excluding hydrogens is 270 g/mol. The zero-order chi connectivity index (χ0) is 14.8. The van der Waals surface area contributed by atoms with E-state index < -0.39 is 12.0 Å². The summed E-state index contributed by atoms with van der Waals surface area (Å²) in [7, 11) is 0. The molecule has 0 saturated carbocycles. The maximum absolute atomic E-state index is 12.4. The lowest BCUT2D eigenvalue weighted by atomic mass is 10.0. The van der Waals surface area contributed by atoms with Crippen LogP contribution in [0.25, 0.3) is 0 Å². The normalized spacial score (nSPS) is 21.1. The summed E-state index contributed by atoms with van der Waals surface area (Å²) < 4.78 is 5.16. The summed E-state index contributed by atoms with van der Waals surface area (Å²) in [5.41, 5.74) is 3.68. The number of carboxylic acid groups (broad SMARTS) is 1. The number of nitrogens with zero attached hydrogens (tertiary/aromatic N) is 1. The Morgan fingerprint density at radius 2 is 2.10 bits per heavy atom. The second-order valence-corrected chi connectivity index (χ2v) is 5.65.